The highest BCUT2D eigenvalue weighted by Crippen LogP contribution is 2.36. The standard InChI is InChI=1S/C14H16ClN3O3/c1-7-4-16-5-8(7)14(20)18-10-3-12-11(2-9(10)15)17-13(19)6-21-12/h2-3,7-8,16H,4-6H2,1H3,(H,17,19)(H,18,20). The van der Waals surface area contributed by atoms with Crippen LogP contribution in [0.15, 0.2) is 12.1 Å². The van der Waals surface area contributed by atoms with Gasteiger partial charge in [-0.15, -0.1) is 0 Å². The van der Waals surface area contributed by atoms with E-state index >= 15 is 0 Å². The van der Waals surface area contributed by atoms with E-state index in [1.165, 1.54) is 0 Å². The lowest BCUT2D eigenvalue weighted by atomic mass is 9.97. The van der Waals surface area contributed by atoms with E-state index in [0.29, 0.717) is 28.7 Å². The Morgan fingerprint density at radius 3 is 2.95 bits per heavy atom. The number of hydrogen-bond donors (Lipinski definition) is 3. The highest BCUT2D eigenvalue weighted by atomic mass is 35.5. The Morgan fingerprint density at radius 1 is 1.43 bits per heavy atom. The predicted molar refractivity (Wildman–Crippen MR) is 79.7 cm³/mol. The van der Waals surface area contributed by atoms with Crippen molar-refractivity contribution in [1.29, 1.82) is 0 Å². The number of rotatable bonds is 2. The summed E-state index contributed by atoms with van der Waals surface area (Å²) < 4.78 is 5.33. The molecule has 0 saturated carbocycles. The Morgan fingerprint density at radius 2 is 2.24 bits per heavy atom. The summed E-state index contributed by atoms with van der Waals surface area (Å²) >= 11 is 6.16. The summed E-state index contributed by atoms with van der Waals surface area (Å²) in [5.41, 5.74) is 1.01. The number of carbonyl (C=O) groups is 2. The minimum atomic E-state index is -0.221. The summed E-state index contributed by atoms with van der Waals surface area (Å²) in [5, 5.41) is 9.07. The molecule has 2 amide bonds. The topological polar surface area (TPSA) is 79.5 Å². The second-order valence-corrected chi connectivity index (χ2v) is 5.80. The smallest absolute Gasteiger partial charge is 0.262 e. The summed E-state index contributed by atoms with van der Waals surface area (Å²) in [6, 6.07) is 3.22. The van der Waals surface area contributed by atoms with Gasteiger partial charge in [0.2, 0.25) is 5.91 Å². The maximum absolute atomic E-state index is 12.3. The molecule has 1 aromatic carbocycles. The van der Waals surface area contributed by atoms with Crippen molar-refractivity contribution in [1.82, 2.24) is 5.32 Å². The normalized spacial score (nSPS) is 24.0. The molecule has 0 bridgehead atoms. The summed E-state index contributed by atoms with van der Waals surface area (Å²) in [6.45, 7) is 3.51. The third-order valence-electron chi connectivity index (χ3n) is 3.81. The maximum Gasteiger partial charge on any atom is 0.262 e. The van der Waals surface area contributed by atoms with Crippen LogP contribution in [0.4, 0.5) is 11.4 Å². The molecule has 2 unspecified atom stereocenters. The molecule has 1 fully saturated rings. The van der Waals surface area contributed by atoms with Crippen molar-refractivity contribution in [2.24, 2.45) is 11.8 Å². The minimum absolute atomic E-state index is 0.0361. The van der Waals surface area contributed by atoms with Crippen molar-refractivity contribution in [3.63, 3.8) is 0 Å². The number of anilines is 2. The molecule has 1 aromatic rings. The van der Waals surface area contributed by atoms with Crippen LogP contribution < -0.4 is 20.7 Å². The van der Waals surface area contributed by atoms with Gasteiger partial charge in [-0.05, 0) is 18.5 Å². The lowest BCUT2D eigenvalue weighted by Gasteiger charge is -2.20. The lowest BCUT2D eigenvalue weighted by Crippen LogP contribution is -2.28. The summed E-state index contributed by atoms with van der Waals surface area (Å²) in [6.07, 6.45) is 0. The monoisotopic (exact) mass is 309 g/mol. The van der Waals surface area contributed by atoms with Crippen LogP contribution in [-0.4, -0.2) is 31.5 Å². The lowest BCUT2D eigenvalue weighted by molar-refractivity contribution is -0.120. The van der Waals surface area contributed by atoms with Crippen molar-refractivity contribution in [2.75, 3.05) is 30.3 Å². The third kappa shape index (κ3) is 2.82. The van der Waals surface area contributed by atoms with Crippen LogP contribution in [0, 0.1) is 11.8 Å². The van der Waals surface area contributed by atoms with Crippen molar-refractivity contribution in [2.45, 2.75) is 6.92 Å². The van der Waals surface area contributed by atoms with Gasteiger partial charge in [-0.1, -0.05) is 18.5 Å². The van der Waals surface area contributed by atoms with Crippen LogP contribution >= 0.6 is 11.6 Å². The predicted octanol–water partition coefficient (Wildman–Crippen LogP) is 1.46. The molecule has 0 aromatic heterocycles. The minimum Gasteiger partial charge on any atom is -0.482 e. The number of ether oxygens (including phenoxy) is 1. The van der Waals surface area contributed by atoms with Crippen molar-refractivity contribution in [3.05, 3.63) is 17.2 Å². The molecule has 0 radical (unpaired) electrons. The molecule has 21 heavy (non-hydrogen) atoms. The molecule has 0 spiro atoms. The molecule has 7 heteroatoms. The van der Waals surface area contributed by atoms with Crippen LogP contribution in [0.2, 0.25) is 5.02 Å². The van der Waals surface area contributed by atoms with Gasteiger partial charge in [0, 0.05) is 12.6 Å². The molecule has 2 aliphatic heterocycles. The zero-order valence-electron chi connectivity index (χ0n) is 11.5. The maximum atomic E-state index is 12.3. The number of fused-ring (bicyclic) bond motifs is 1. The summed E-state index contributed by atoms with van der Waals surface area (Å²) in [5.74, 6) is 0.442. The molecule has 0 aliphatic carbocycles. The number of amides is 2. The number of halogens is 1. The van der Waals surface area contributed by atoms with E-state index in [4.69, 9.17) is 16.3 Å². The Bertz CT molecular complexity index is 605. The fourth-order valence-electron chi connectivity index (χ4n) is 2.58. The fourth-order valence-corrected chi connectivity index (χ4v) is 2.79. The van der Waals surface area contributed by atoms with Crippen molar-refractivity contribution >= 4 is 34.8 Å². The molecule has 2 heterocycles. The van der Waals surface area contributed by atoms with Crippen LogP contribution in [0.5, 0.6) is 5.75 Å². The molecule has 6 nitrogen and oxygen atoms in total. The third-order valence-corrected chi connectivity index (χ3v) is 4.13. The molecule has 2 aliphatic rings. The van der Waals surface area contributed by atoms with Crippen LogP contribution in [-0.2, 0) is 9.59 Å². The molecule has 3 rings (SSSR count). The summed E-state index contributed by atoms with van der Waals surface area (Å²) in [4.78, 5) is 23.5. The van der Waals surface area contributed by atoms with Crippen LogP contribution in [0.1, 0.15) is 6.92 Å². The van der Waals surface area contributed by atoms with Gasteiger partial charge in [-0.3, -0.25) is 9.59 Å². The van der Waals surface area contributed by atoms with E-state index in [1.54, 1.807) is 12.1 Å². The highest BCUT2D eigenvalue weighted by molar-refractivity contribution is 6.34. The average Bonchev–Trinajstić information content (AvgIpc) is 2.86. The summed E-state index contributed by atoms with van der Waals surface area (Å²) in [7, 11) is 0. The van der Waals surface area contributed by atoms with E-state index in [1.807, 2.05) is 6.92 Å². The second kappa shape index (κ2) is 5.54. The molecule has 3 N–H and O–H groups in total. The SMILES string of the molecule is CC1CNCC1C(=O)Nc1cc2c(cc1Cl)NC(=O)CO2. The van der Waals surface area contributed by atoms with Gasteiger partial charge in [0.15, 0.2) is 6.61 Å². The number of hydrogen-bond acceptors (Lipinski definition) is 4. The van der Waals surface area contributed by atoms with Gasteiger partial charge < -0.3 is 20.7 Å². The van der Waals surface area contributed by atoms with E-state index in [2.05, 4.69) is 16.0 Å². The van der Waals surface area contributed by atoms with E-state index in [9.17, 15) is 9.59 Å². The Labute approximate surface area is 127 Å². The zero-order valence-corrected chi connectivity index (χ0v) is 12.3. The average molecular weight is 310 g/mol. The van der Waals surface area contributed by atoms with Crippen LogP contribution in [0.25, 0.3) is 0 Å². The Hall–Kier alpha value is -1.79. The first-order valence-electron chi connectivity index (χ1n) is 6.82. The Balaban J connectivity index is 1.79. The molecule has 1 saturated heterocycles. The molecular formula is C14H16ClN3O3. The molecule has 2 atom stereocenters. The van der Waals surface area contributed by atoms with Gasteiger partial charge in [0.05, 0.1) is 22.3 Å². The van der Waals surface area contributed by atoms with Gasteiger partial charge in [-0.2, -0.15) is 0 Å². The van der Waals surface area contributed by atoms with Crippen molar-refractivity contribution in [3.8, 4) is 5.75 Å². The van der Waals surface area contributed by atoms with Gasteiger partial charge >= 0.3 is 0 Å². The largest absolute Gasteiger partial charge is 0.482 e. The van der Waals surface area contributed by atoms with Gasteiger partial charge in [-0.25, -0.2) is 0 Å². The molecule has 112 valence electrons. The first-order valence-corrected chi connectivity index (χ1v) is 7.20. The first-order chi connectivity index (χ1) is 10.0. The number of benzene rings is 1. The van der Waals surface area contributed by atoms with Gasteiger partial charge in [0.25, 0.3) is 5.91 Å². The van der Waals surface area contributed by atoms with E-state index in [-0.39, 0.29) is 30.3 Å². The van der Waals surface area contributed by atoms with Gasteiger partial charge in [0.1, 0.15) is 5.75 Å². The van der Waals surface area contributed by atoms with Crippen LogP contribution in [0.3, 0.4) is 0 Å². The van der Waals surface area contributed by atoms with E-state index < -0.39 is 0 Å². The quantitative estimate of drug-likeness (QED) is 0.773. The number of carbonyl (C=O) groups excluding carboxylic acids is 2. The first kappa shape index (κ1) is 14.2. The second-order valence-electron chi connectivity index (χ2n) is 5.40. The van der Waals surface area contributed by atoms with Crippen molar-refractivity contribution < 1.29 is 14.3 Å². The van der Waals surface area contributed by atoms with E-state index in [0.717, 1.165) is 6.54 Å². The fraction of sp³-hybridized carbons (Fsp3) is 0.429. The highest BCUT2D eigenvalue weighted by Gasteiger charge is 2.30. The Kier molecular flexibility index (Phi) is 3.73. The zero-order chi connectivity index (χ0) is 15.0. The molecular weight excluding hydrogens is 294 g/mol. The number of nitrogens with one attached hydrogen (secondary N) is 3.